The van der Waals surface area contributed by atoms with Crippen molar-refractivity contribution in [2.24, 2.45) is 5.92 Å². The van der Waals surface area contributed by atoms with Crippen LogP contribution in [0, 0.1) is 5.92 Å². The first-order valence-electron chi connectivity index (χ1n) is 8.50. The van der Waals surface area contributed by atoms with Gasteiger partial charge >= 0.3 is 0 Å². The van der Waals surface area contributed by atoms with Gasteiger partial charge in [-0.25, -0.2) is 4.98 Å². The van der Waals surface area contributed by atoms with Gasteiger partial charge < -0.3 is 9.88 Å². The lowest BCUT2D eigenvalue weighted by Crippen LogP contribution is -2.48. The van der Waals surface area contributed by atoms with Gasteiger partial charge in [0, 0.05) is 32.7 Å². The van der Waals surface area contributed by atoms with Crippen LogP contribution >= 0.6 is 0 Å². The minimum absolute atomic E-state index is 0.0455. The molecule has 1 aromatic carbocycles. The van der Waals surface area contributed by atoms with Crippen LogP contribution in [0.15, 0.2) is 29.1 Å². The van der Waals surface area contributed by atoms with Gasteiger partial charge in [0.1, 0.15) is 5.82 Å². The molecule has 5 nitrogen and oxygen atoms in total. The molecule has 1 aliphatic heterocycles. The lowest BCUT2D eigenvalue weighted by molar-refractivity contribution is 0.0918. The van der Waals surface area contributed by atoms with E-state index in [4.69, 9.17) is 0 Å². The maximum atomic E-state index is 12.2. The molecule has 2 aromatic rings. The number of aromatic amines is 1. The van der Waals surface area contributed by atoms with E-state index in [0.29, 0.717) is 11.3 Å². The topological polar surface area (TPSA) is 52.2 Å². The van der Waals surface area contributed by atoms with E-state index in [9.17, 15) is 4.79 Å². The van der Waals surface area contributed by atoms with Crippen LogP contribution in [0.25, 0.3) is 10.9 Å². The molecule has 0 aliphatic carbocycles. The van der Waals surface area contributed by atoms with Crippen molar-refractivity contribution in [3.8, 4) is 0 Å². The highest BCUT2D eigenvalue weighted by Gasteiger charge is 2.24. The first kappa shape index (κ1) is 16.1. The molecule has 0 unspecified atom stereocenters. The monoisotopic (exact) mass is 314 g/mol. The van der Waals surface area contributed by atoms with Gasteiger partial charge in [-0.1, -0.05) is 26.0 Å². The number of rotatable bonds is 4. The van der Waals surface area contributed by atoms with Gasteiger partial charge in [0.15, 0.2) is 0 Å². The molecule has 2 heterocycles. The zero-order valence-corrected chi connectivity index (χ0v) is 14.2. The second kappa shape index (κ2) is 6.81. The van der Waals surface area contributed by atoms with E-state index in [2.05, 4.69) is 40.5 Å². The highest BCUT2D eigenvalue weighted by molar-refractivity contribution is 5.77. The lowest BCUT2D eigenvalue weighted by atomic mass is 10.1. The zero-order valence-electron chi connectivity index (χ0n) is 14.2. The van der Waals surface area contributed by atoms with E-state index in [1.165, 1.54) is 0 Å². The highest BCUT2D eigenvalue weighted by atomic mass is 16.1. The van der Waals surface area contributed by atoms with Gasteiger partial charge in [0.2, 0.25) is 0 Å². The molecule has 124 valence electrons. The van der Waals surface area contributed by atoms with E-state index in [0.717, 1.165) is 44.1 Å². The summed E-state index contributed by atoms with van der Waals surface area (Å²) in [6.45, 7) is 12.0. The second-order valence-corrected chi connectivity index (χ2v) is 6.87. The molecule has 1 aromatic heterocycles. The minimum Gasteiger partial charge on any atom is -0.309 e. The largest absolute Gasteiger partial charge is 0.309 e. The van der Waals surface area contributed by atoms with Crippen LogP contribution in [0.4, 0.5) is 0 Å². The quantitative estimate of drug-likeness (QED) is 0.940. The van der Waals surface area contributed by atoms with E-state index in [-0.39, 0.29) is 11.6 Å². The van der Waals surface area contributed by atoms with Crippen molar-refractivity contribution in [1.82, 2.24) is 19.8 Å². The minimum atomic E-state index is -0.0455. The molecule has 1 fully saturated rings. The molecule has 0 spiro atoms. The summed E-state index contributed by atoms with van der Waals surface area (Å²) in [7, 11) is 0. The Morgan fingerprint density at radius 3 is 2.52 bits per heavy atom. The van der Waals surface area contributed by atoms with Crippen LogP contribution < -0.4 is 5.56 Å². The Morgan fingerprint density at radius 2 is 1.83 bits per heavy atom. The molecule has 5 heteroatoms. The van der Waals surface area contributed by atoms with E-state index in [1.807, 2.05) is 24.3 Å². The Balaban J connectivity index is 1.74. The van der Waals surface area contributed by atoms with E-state index in [1.54, 1.807) is 0 Å². The molecule has 0 amide bonds. The van der Waals surface area contributed by atoms with Gasteiger partial charge in [0.05, 0.1) is 16.9 Å². The smallest absolute Gasteiger partial charge is 0.258 e. The average Bonchev–Trinajstić information content (AvgIpc) is 2.54. The fraction of sp³-hybridized carbons (Fsp3) is 0.556. The van der Waals surface area contributed by atoms with Gasteiger partial charge in [-0.3, -0.25) is 9.69 Å². The molecular formula is C18H26N4O. The van der Waals surface area contributed by atoms with Crippen molar-refractivity contribution in [2.45, 2.75) is 26.8 Å². The molecule has 3 rings (SSSR count). The Bertz CT molecular complexity index is 716. The number of piperazine rings is 1. The van der Waals surface area contributed by atoms with Gasteiger partial charge in [-0.15, -0.1) is 0 Å². The predicted molar refractivity (Wildman–Crippen MR) is 93.6 cm³/mol. The number of para-hydroxylation sites is 1. The standard InChI is InChI=1S/C18H26N4O/c1-13(2)12-21-8-10-22(11-9-21)14(3)17-19-16-7-5-4-6-15(16)18(23)20-17/h4-7,13-14H,8-12H2,1-3H3,(H,19,20,23)/t14-/m0/s1. The third-order valence-corrected chi connectivity index (χ3v) is 4.60. The fourth-order valence-electron chi connectivity index (χ4n) is 3.32. The third-order valence-electron chi connectivity index (χ3n) is 4.60. The third kappa shape index (κ3) is 3.62. The highest BCUT2D eigenvalue weighted by Crippen LogP contribution is 2.19. The van der Waals surface area contributed by atoms with E-state index < -0.39 is 0 Å². The van der Waals surface area contributed by atoms with Crippen molar-refractivity contribution in [3.05, 3.63) is 40.4 Å². The first-order chi connectivity index (χ1) is 11.0. The Labute approximate surface area is 137 Å². The maximum Gasteiger partial charge on any atom is 0.258 e. The van der Waals surface area contributed by atoms with Crippen molar-refractivity contribution in [3.63, 3.8) is 0 Å². The Morgan fingerprint density at radius 1 is 1.13 bits per heavy atom. The van der Waals surface area contributed by atoms with Crippen LogP contribution in [-0.4, -0.2) is 52.5 Å². The normalized spacial score (nSPS) is 18.6. The Hall–Kier alpha value is -1.72. The summed E-state index contributed by atoms with van der Waals surface area (Å²) in [5.74, 6) is 1.48. The number of hydrogen-bond donors (Lipinski definition) is 1. The van der Waals surface area contributed by atoms with Crippen LogP contribution in [0.5, 0.6) is 0 Å². The molecule has 0 bridgehead atoms. The molecular weight excluding hydrogens is 288 g/mol. The molecule has 1 atom stereocenters. The Kier molecular flexibility index (Phi) is 4.78. The SMILES string of the molecule is CC(C)CN1CCN([C@@H](C)c2nc3ccccc3c(=O)[nH]2)CC1. The number of nitrogens with zero attached hydrogens (tertiary/aromatic N) is 3. The van der Waals surface area contributed by atoms with Gasteiger partial charge in [-0.2, -0.15) is 0 Å². The summed E-state index contributed by atoms with van der Waals surface area (Å²) in [6, 6.07) is 7.65. The van der Waals surface area contributed by atoms with Crippen LogP contribution in [0.1, 0.15) is 32.6 Å². The fourth-order valence-corrected chi connectivity index (χ4v) is 3.32. The number of nitrogens with one attached hydrogen (secondary N) is 1. The van der Waals surface area contributed by atoms with Crippen molar-refractivity contribution in [1.29, 1.82) is 0 Å². The van der Waals surface area contributed by atoms with Crippen LogP contribution in [-0.2, 0) is 0 Å². The summed E-state index contributed by atoms with van der Waals surface area (Å²) in [6.07, 6.45) is 0. The predicted octanol–water partition coefficient (Wildman–Crippen LogP) is 2.26. The van der Waals surface area contributed by atoms with E-state index >= 15 is 0 Å². The molecule has 0 saturated carbocycles. The van der Waals surface area contributed by atoms with Crippen molar-refractivity contribution >= 4 is 10.9 Å². The lowest BCUT2D eigenvalue weighted by Gasteiger charge is -2.38. The average molecular weight is 314 g/mol. The van der Waals surface area contributed by atoms with Gasteiger partial charge in [0.25, 0.3) is 5.56 Å². The molecule has 1 N–H and O–H groups in total. The number of H-pyrrole nitrogens is 1. The summed E-state index contributed by atoms with van der Waals surface area (Å²) in [5, 5.41) is 0.658. The van der Waals surface area contributed by atoms with Crippen LogP contribution in [0.3, 0.4) is 0 Å². The number of fused-ring (bicyclic) bond motifs is 1. The molecule has 1 saturated heterocycles. The number of aromatic nitrogens is 2. The van der Waals surface area contributed by atoms with Crippen molar-refractivity contribution < 1.29 is 0 Å². The summed E-state index contributed by atoms with van der Waals surface area (Å²) >= 11 is 0. The maximum absolute atomic E-state index is 12.2. The molecule has 1 aliphatic rings. The summed E-state index contributed by atoms with van der Waals surface area (Å²) in [5.41, 5.74) is 0.729. The van der Waals surface area contributed by atoms with Crippen LogP contribution in [0.2, 0.25) is 0 Å². The van der Waals surface area contributed by atoms with Gasteiger partial charge in [-0.05, 0) is 25.0 Å². The number of benzene rings is 1. The molecule has 23 heavy (non-hydrogen) atoms. The zero-order chi connectivity index (χ0) is 16.4. The number of hydrogen-bond acceptors (Lipinski definition) is 4. The van der Waals surface area contributed by atoms with Crippen molar-refractivity contribution in [2.75, 3.05) is 32.7 Å². The molecule has 0 radical (unpaired) electrons. The summed E-state index contributed by atoms with van der Waals surface area (Å²) < 4.78 is 0. The second-order valence-electron chi connectivity index (χ2n) is 6.87. The summed E-state index contributed by atoms with van der Waals surface area (Å²) in [4.78, 5) is 24.8. The first-order valence-corrected chi connectivity index (χ1v) is 8.50.